The van der Waals surface area contributed by atoms with E-state index in [0.717, 1.165) is 11.3 Å². The van der Waals surface area contributed by atoms with Gasteiger partial charge in [0.1, 0.15) is 5.75 Å². The van der Waals surface area contributed by atoms with E-state index in [1.54, 1.807) is 12.1 Å². The molecular weight excluding hydrogens is 280 g/mol. The van der Waals surface area contributed by atoms with Gasteiger partial charge in [0, 0.05) is 30.1 Å². The molecule has 1 aliphatic heterocycles. The molecule has 2 aromatic carbocycles. The second-order valence-electron chi connectivity index (χ2n) is 5.30. The van der Waals surface area contributed by atoms with Gasteiger partial charge in [-0.3, -0.25) is 9.59 Å². The van der Waals surface area contributed by atoms with Crippen LogP contribution in [0.1, 0.15) is 28.3 Å². The Hall–Kier alpha value is -2.82. The SMILES string of the molecule is O=C1C[C@H](CNC(=O)c2cccc(O)c2)c2ccccc2N1. The van der Waals surface area contributed by atoms with E-state index in [-0.39, 0.29) is 23.5 Å². The molecule has 0 spiro atoms. The van der Waals surface area contributed by atoms with Crippen LogP contribution in [0, 0.1) is 0 Å². The van der Waals surface area contributed by atoms with Crippen molar-refractivity contribution >= 4 is 17.5 Å². The molecule has 22 heavy (non-hydrogen) atoms. The summed E-state index contributed by atoms with van der Waals surface area (Å²) < 4.78 is 0. The highest BCUT2D eigenvalue weighted by atomic mass is 16.3. The Bertz CT molecular complexity index is 727. The molecule has 0 aromatic heterocycles. The van der Waals surface area contributed by atoms with Gasteiger partial charge in [-0.25, -0.2) is 0 Å². The lowest BCUT2D eigenvalue weighted by molar-refractivity contribution is -0.116. The van der Waals surface area contributed by atoms with Gasteiger partial charge in [0.2, 0.25) is 5.91 Å². The second-order valence-corrected chi connectivity index (χ2v) is 5.30. The lowest BCUT2D eigenvalue weighted by Gasteiger charge is -2.25. The number of rotatable bonds is 3. The van der Waals surface area contributed by atoms with Crippen molar-refractivity contribution in [2.24, 2.45) is 0 Å². The van der Waals surface area contributed by atoms with E-state index in [1.165, 1.54) is 12.1 Å². The molecule has 0 unspecified atom stereocenters. The van der Waals surface area contributed by atoms with Gasteiger partial charge in [0.25, 0.3) is 5.91 Å². The van der Waals surface area contributed by atoms with E-state index < -0.39 is 0 Å². The number of phenolic OH excluding ortho intramolecular Hbond substituents is 1. The van der Waals surface area contributed by atoms with Crippen LogP contribution < -0.4 is 10.6 Å². The summed E-state index contributed by atoms with van der Waals surface area (Å²) in [7, 11) is 0. The van der Waals surface area contributed by atoms with Crippen molar-refractivity contribution in [2.75, 3.05) is 11.9 Å². The molecule has 2 amide bonds. The summed E-state index contributed by atoms with van der Waals surface area (Å²) in [4.78, 5) is 23.8. The minimum atomic E-state index is -0.264. The van der Waals surface area contributed by atoms with Crippen LogP contribution >= 0.6 is 0 Å². The van der Waals surface area contributed by atoms with E-state index in [4.69, 9.17) is 0 Å². The van der Waals surface area contributed by atoms with E-state index in [2.05, 4.69) is 10.6 Å². The van der Waals surface area contributed by atoms with Crippen molar-refractivity contribution in [3.05, 3.63) is 59.7 Å². The van der Waals surface area contributed by atoms with Crippen LogP contribution in [0.15, 0.2) is 48.5 Å². The summed E-state index contributed by atoms with van der Waals surface area (Å²) in [5.74, 6) is -0.309. The van der Waals surface area contributed by atoms with Gasteiger partial charge in [0.05, 0.1) is 0 Å². The molecule has 0 bridgehead atoms. The van der Waals surface area contributed by atoms with Crippen LogP contribution in [-0.2, 0) is 4.79 Å². The van der Waals surface area contributed by atoms with Gasteiger partial charge in [0.15, 0.2) is 0 Å². The number of amides is 2. The predicted octanol–water partition coefficient (Wildman–Crippen LogP) is 2.25. The Morgan fingerprint density at radius 2 is 2.05 bits per heavy atom. The number of hydrogen-bond acceptors (Lipinski definition) is 3. The summed E-state index contributed by atoms with van der Waals surface area (Å²) in [6.45, 7) is 0.374. The van der Waals surface area contributed by atoms with Gasteiger partial charge in [-0.1, -0.05) is 24.3 Å². The maximum Gasteiger partial charge on any atom is 0.251 e. The summed E-state index contributed by atoms with van der Waals surface area (Å²) in [5, 5.41) is 15.1. The molecule has 5 nitrogen and oxygen atoms in total. The predicted molar refractivity (Wildman–Crippen MR) is 82.9 cm³/mol. The Morgan fingerprint density at radius 3 is 2.86 bits per heavy atom. The van der Waals surface area contributed by atoms with E-state index >= 15 is 0 Å². The lowest BCUT2D eigenvalue weighted by Crippen LogP contribution is -2.33. The number of carbonyl (C=O) groups is 2. The number of benzene rings is 2. The van der Waals surface area contributed by atoms with Crippen molar-refractivity contribution in [1.82, 2.24) is 5.32 Å². The fourth-order valence-corrected chi connectivity index (χ4v) is 2.65. The molecule has 1 heterocycles. The fraction of sp³-hybridized carbons (Fsp3) is 0.176. The van der Waals surface area contributed by atoms with Gasteiger partial charge in [-0.15, -0.1) is 0 Å². The van der Waals surface area contributed by atoms with Crippen molar-refractivity contribution < 1.29 is 14.7 Å². The van der Waals surface area contributed by atoms with Gasteiger partial charge >= 0.3 is 0 Å². The Labute approximate surface area is 128 Å². The molecule has 2 aromatic rings. The Balaban J connectivity index is 1.71. The molecule has 3 N–H and O–H groups in total. The maximum atomic E-state index is 12.1. The third kappa shape index (κ3) is 2.93. The largest absolute Gasteiger partial charge is 0.508 e. The van der Waals surface area contributed by atoms with Gasteiger partial charge in [-0.2, -0.15) is 0 Å². The van der Waals surface area contributed by atoms with Crippen LogP contribution in [0.4, 0.5) is 5.69 Å². The second kappa shape index (κ2) is 5.89. The fourth-order valence-electron chi connectivity index (χ4n) is 2.65. The average Bonchev–Trinajstić information content (AvgIpc) is 2.52. The average molecular weight is 296 g/mol. The minimum absolute atomic E-state index is 0.0460. The molecular formula is C17H16N2O3. The quantitative estimate of drug-likeness (QED) is 0.813. The van der Waals surface area contributed by atoms with E-state index in [1.807, 2.05) is 24.3 Å². The standard InChI is InChI=1S/C17H16N2O3/c20-13-5-3-4-11(8-13)17(22)18-10-12-9-16(21)19-15-7-2-1-6-14(12)15/h1-8,12,20H,9-10H2,(H,18,22)(H,19,21)/t12-/m1/s1. The van der Waals surface area contributed by atoms with Gasteiger partial charge < -0.3 is 15.7 Å². The number of carbonyl (C=O) groups excluding carboxylic acids is 2. The zero-order valence-electron chi connectivity index (χ0n) is 11.9. The van der Waals surface area contributed by atoms with Crippen LogP contribution in [0.2, 0.25) is 0 Å². The molecule has 0 saturated carbocycles. The highest BCUT2D eigenvalue weighted by Gasteiger charge is 2.25. The zero-order chi connectivity index (χ0) is 15.5. The number of hydrogen-bond donors (Lipinski definition) is 3. The van der Waals surface area contributed by atoms with Crippen LogP contribution in [0.25, 0.3) is 0 Å². The molecule has 1 aliphatic rings. The zero-order valence-corrected chi connectivity index (χ0v) is 11.9. The van der Waals surface area contributed by atoms with Gasteiger partial charge in [-0.05, 0) is 29.8 Å². The summed E-state index contributed by atoms with van der Waals surface area (Å²) in [6.07, 6.45) is 0.345. The molecule has 0 aliphatic carbocycles. The maximum absolute atomic E-state index is 12.1. The van der Waals surface area contributed by atoms with E-state index in [9.17, 15) is 14.7 Å². The summed E-state index contributed by atoms with van der Waals surface area (Å²) in [6, 6.07) is 13.8. The third-order valence-corrected chi connectivity index (χ3v) is 3.72. The molecule has 3 rings (SSSR count). The number of para-hydroxylation sites is 1. The summed E-state index contributed by atoms with van der Waals surface area (Å²) >= 11 is 0. The lowest BCUT2D eigenvalue weighted by atomic mass is 9.90. The first kappa shape index (κ1) is 14.1. The Morgan fingerprint density at radius 1 is 1.23 bits per heavy atom. The van der Waals surface area contributed by atoms with Crippen LogP contribution in [0.5, 0.6) is 5.75 Å². The molecule has 0 radical (unpaired) electrons. The normalized spacial score (nSPS) is 16.5. The highest BCUT2D eigenvalue weighted by Crippen LogP contribution is 2.31. The highest BCUT2D eigenvalue weighted by molar-refractivity contribution is 5.96. The molecule has 1 atom stereocenters. The van der Waals surface area contributed by atoms with E-state index in [0.29, 0.717) is 18.5 Å². The number of anilines is 1. The number of aromatic hydroxyl groups is 1. The molecule has 0 saturated heterocycles. The van der Waals surface area contributed by atoms with Crippen molar-refractivity contribution in [3.8, 4) is 5.75 Å². The number of nitrogens with one attached hydrogen (secondary N) is 2. The monoisotopic (exact) mass is 296 g/mol. The molecule has 112 valence electrons. The topological polar surface area (TPSA) is 78.4 Å². The Kier molecular flexibility index (Phi) is 3.78. The first-order valence-electron chi connectivity index (χ1n) is 7.09. The first-order valence-corrected chi connectivity index (χ1v) is 7.09. The summed E-state index contributed by atoms with van der Waals surface area (Å²) in [5.41, 5.74) is 2.22. The van der Waals surface area contributed by atoms with Crippen molar-refractivity contribution in [3.63, 3.8) is 0 Å². The molecule has 5 heteroatoms. The third-order valence-electron chi connectivity index (χ3n) is 3.72. The van der Waals surface area contributed by atoms with Crippen molar-refractivity contribution in [1.29, 1.82) is 0 Å². The number of fused-ring (bicyclic) bond motifs is 1. The number of phenols is 1. The first-order chi connectivity index (χ1) is 10.6. The molecule has 0 fully saturated rings. The van der Waals surface area contributed by atoms with Crippen molar-refractivity contribution in [2.45, 2.75) is 12.3 Å². The smallest absolute Gasteiger partial charge is 0.251 e. The van der Waals surface area contributed by atoms with Crippen LogP contribution in [0.3, 0.4) is 0 Å². The van der Waals surface area contributed by atoms with Crippen LogP contribution in [-0.4, -0.2) is 23.5 Å². The minimum Gasteiger partial charge on any atom is -0.508 e.